The van der Waals surface area contributed by atoms with Gasteiger partial charge in [0.15, 0.2) is 6.61 Å². The number of methoxy groups -OCH3 is 1. The van der Waals surface area contributed by atoms with Crippen LogP contribution in [0.25, 0.3) is 0 Å². The van der Waals surface area contributed by atoms with Gasteiger partial charge in [-0.25, -0.2) is 4.39 Å². The molecule has 3 rings (SSSR count). The van der Waals surface area contributed by atoms with Crippen LogP contribution in [0.4, 0.5) is 4.39 Å². The minimum atomic E-state index is -0.300. The van der Waals surface area contributed by atoms with Crippen molar-refractivity contribution in [1.29, 1.82) is 0 Å². The van der Waals surface area contributed by atoms with Crippen LogP contribution < -0.4 is 4.74 Å². The third-order valence-corrected chi connectivity index (χ3v) is 7.00. The predicted molar refractivity (Wildman–Crippen MR) is 133 cm³/mol. The van der Waals surface area contributed by atoms with Crippen molar-refractivity contribution in [1.82, 2.24) is 9.80 Å². The van der Waals surface area contributed by atoms with Crippen LogP contribution in [0.2, 0.25) is 5.02 Å². The molecule has 2 aromatic carbocycles. The number of thioether (sulfide) groups is 1. The van der Waals surface area contributed by atoms with Gasteiger partial charge in [0, 0.05) is 48.1 Å². The lowest BCUT2D eigenvalue weighted by molar-refractivity contribution is -0.139. The summed E-state index contributed by atoms with van der Waals surface area (Å²) in [6.07, 6.45) is 0. The van der Waals surface area contributed by atoms with Crippen LogP contribution >= 0.6 is 23.4 Å². The highest BCUT2D eigenvalue weighted by Crippen LogP contribution is 2.27. The molecule has 1 saturated heterocycles. The van der Waals surface area contributed by atoms with Crippen LogP contribution in [0.1, 0.15) is 25.0 Å². The molecule has 6 nitrogen and oxygen atoms in total. The van der Waals surface area contributed by atoms with Crippen molar-refractivity contribution in [3.63, 3.8) is 0 Å². The normalized spacial score (nSPS) is 18.6. The molecule has 0 radical (unpaired) electrons. The number of hydrogen-bond donors (Lipinski definition) is 0. The zero-order valence-corrected chi connectivity index (χ0v) is 21.2. The minimum absolute atomic E-state index is 0.0213. The molecule has 0 unspecified atom stereocenters. The Hall–Kier alpha value is -2.29. The first kappa shape index (κ1) is 26.3. The van der Waals surface area contributed by atoms with Gasteiger partial charge in [-0.2, -0.15) is 0 Å². The predicted octanol–water partition coefficient (Wildman–Crippen LogP) is 4.39. The van der Waals surface area contributed by atoms with Gasteiger partial charge < -0.3 is 14.4 Å². The van der Waals surface area contributed by atoms with E-state index in [1.807, 2.05) is 11.8 Å². The first-order valence-corrected chi connectivity index (χ1v) is 12.6. The zero-order chi connectivity index (χ0) is 24.7. The maximum absolute atomic E-state index is 13.2. The Bertz CT molecular complexity index is 991. The molecule has 0 bridgehead atoms. The second kappa shape index (κ2) is 12.4. The van der Waals surface area contributed by atoms with E-state index in [0.717, 1.165) is 17.7 Å². The number of ether oxygens (including phenoxy) is 2. The Morgan fingerprint density at radius 2 is 1.85 bits per heavy atom. The fourth-order valence-electron chi connectivity index (χ4n) is 3.92. The minimum Gasteiger partial charge on any atom is -0.483 e. The molecule has 34 heavy (non-hydrogen) atoms. The van der Waals surface area contributed by atoms with Gasteiger partial charge in [0.2, 0.25) is 0 Å². The summed E-state index contributed by atoms with van der Waals surface area (Å²) in [5.74, 6) is 0.681. The first-order valence-electron chi connectivity index (χ1n) is 11.1. The van der Waals surface area contributed by atoms with Crippen molar-refractivity contribution in [3.8, 4) is 5.75 Å². The maximum atomic E-state index is 13.2. The van der Waals surface area contributed by atoms with E-state index in [1.54, 1.807) is 30.3 Å². The standard InChI is InChI=1S/C25H30ClFN2O4S/c1-17-12-29(18(2)11-28(17)13-19-4-7-22(27)8-5-19)24(30)14-33-23-9-6-21(26)10-20(23)15-34-16-25(31)32-3/h4-10,17-18H,11-16H2,1-3H3/t17-,18+/m0/s1. The number of amides is 1. The van der Waals surface area contributed by atoms with E-state index in [9.17, 15) is 14.0 Å². The van der Waals surface area contributed by atoms with Crippen molar-refractivity contribution in [2.45, 2.75) is 38.2 Å². The van der Waals surface area contributed by atoms with E-state index in [1.165, 1.54) is 31.0 Å². The lowest BCUT2D eigenvalue weighted by atomic mass is 10.1. The Labute approximate surface area is 209 Å². The summed E-state index contributed by atoms with van der Waals surface area (Å²) in [6.45, 7) is 6.06. The van der Waals surface area contributed by atoms with E-state index in [4.69, 9.17) is 16.3 Å². The molecule has 1 fully saturated rings. The molecule has 184 valence electrons. The third-order valence-electron chi connectivity index (χ3n) is 5.81. The van der Waals surface area contributed by atoms with Crippen LogP contribution in [0.5, 0.6) is 5.75 Å². The number of esters is 1. The number of carbonyl (C=O) groups excluding carboxylic acids is 2. The van der Waals surface area contributed by atoms with Crippen molar-refractivity contribution in [2.24, 2.45) is 0 Å². The number of halogens is 2. The molecular weight excluding hydrogens is 479 g/mol. The maximum Gasteiger partial charge on any atom is 0.315 e. The highest BCUT2D eigenvalue weighted by molar-refractivity contribution is 7.99. The van der Waals surface area contributed by atoms with Gasteiger partial charge >= 0.3 is 5.97 Å². The van der Waals surface area contributed by atoms with Crippen molar-refractivity contribution >= 4 is 35.2 Å². The van der Waals surface area contributed by atoms with Gasteiger partial charge in [-0.1, -0.05) is 23.7 Å². The number of benzene rings is 2. The fraction of sp³-hybridized carbons (Fsp3) is 0.440. The highest BCUT2D eigenvalue weighted by Gasteiger charge is 2.32. The lowest BCUT2D eigenvalue weighted by Gasteiger charge is -2.44. The van der Waals surface area contributed by atoms with Crippen LogP contribution in [0, 0.1) is 5.82 Å². The van der Waals surface area contributed by atoms with Gasteiger partial charge in [-0.3, -0.25) is 14.5 Å². The molecule has 1 heterocycles. The fourth-order valence-corrected chi connectivity index (χ4v) is 4.94. The summed E-state index contributed by atoms with van der Waals surface area (Å²) in [6, 6.07) is 12.0. The number of piperazine rings is 1. The molecule has 9 heteroatoms. The van der Waals surface area contributed by atoms with Crippen molar-refractivity contribution < 1.29 is 23.5 Å². The Kier molecular flexibility index (Phi) is 9.62. The highest BCUT2D eigenvalue weighted by atomic mass is 35.5. The second-order valence-corrected chi connectivity index (χ2v) is 9.83. The zero-order valence-electron chi connectivity index (χ0n) is 19.6. The number of carbonyl (C=O) groups is 2. The lowest BCUT2D eigenvalue weighted by Crippen LogP contribution is -2.58. The molecular formula is C25H30ClFN2O4S. The smallest absolute Gasteiger partial charge is 0.315 e. The van der Waals surface area contributed by atoms with E-state index in [-0.39, 0.29) is 42.1 Å². The summed E-state index contributed by atoms with van der Waals surface area (Å²) < 4.78 is 23.7. The van der Waals surface area contributed by atoms with E-state index in [2.05, 4.69) is 16.6 Å². The molecule has 0 aromatic heterocycles. The Morgan fingerprint density at radius 1 is 1.12 bits per heavy atom. The van der Waals surface area contributed by atoms with Gasteiger partial charge in [0.05, 0.1) is 12.9 Å². The molecule has 1 aliphatic rings. The van der Waals surface area contributed by atoms with Gasteiger partial charge in [0.1, 0.15) is 11.6 Å². The first-order chi connectivity index (χ1) is 16.3. The van der Waals surface area contributed by atoms with Gasteiger partial charge in [0.25, 0.3) is 5.91 Å². The Balaban J connectivity index is 1.56. The van der Waals surface area contributed by atoms with Gasteiger partial charge in [-0.15, -0.1) is 11.8 Å². The largest absolute Gasteiger partial charge is 0.483 e. The molecule has 0 saturated carbocycles. The molecule has 0 N–H and O–H groups in total. The molecule has 2 atom stereocenters. The molecule has 0 spiro atoms. The third kappa shape index (κ3) is 7.35. The topological polar surface area (TPSA) is 59.1 Å². The summed E-state index contributed by atoms with van der Waals surface area (Å²) in [5, 5.41) is 0.562. The molecule has 0 aliphatic carbocycles. The van der Waals surface area contributed by atoms with Gasteiger partial charge in [-0.05, 0) is 49.7 Å². The van der Waals surface area contributed by atoms with Crippen molar-refractivity contribution in [3.05, 3.63) is 64.4 Å². The number of hydrogen-bond acceptors (Lipinski definition) is 6. The van der Waals surface area contributed by atoms with E-state index >= 15 is 0 Å². The summed E-state index contributed by atoms with van der Waals surface area (Å²) in [4.78, 5) is 28.5. The van der Waals surface area contributed by atoms with Crippen LogP contribution in [0.3, 0.4) is 0 Å². The van der Waals surface area contributed by atoms with E-state index < -0.39 is 0 Å². The number of nitrogens with zero attached hydrogens (tertiary/aromatic N) is 2. The quantitative estimate of drug-likeness (QED) is 0.468. The SMILES string of the molecule is COC(=O)CSCc1cc(Cl)ccc1OCC(=O)N1C[C@H](C)N(Cc2ccc(F)cc2)C[C@H]1C. The number of rotatable bonds is 9. The molecule has 1 amide bonds. The molecule has 2 aromatic rings. The summed E-state index contributed by atoms with van der Waals surface area (Å²) in [5.41, 5.74) is 1.86. The van der Waals surface area contributed by atoms with Crippen LogP contribution in [-0.2, 0) is 26.6 Å². The van der Waals surface area contributed by atoms with Crippen molar-refractivity contribution in [2.75, 3.05) is 32.6 Å². The average Bonchev–Trinajstić information content (AvgIpc) is 2.81. The van der Waals surface area contributed by atoms with Crippen LogP contribution in [-0.4, -0.2) is 66.3 Å². The summed E-state index contributed by atoms with van der Waals surface area (Å²) in [7, 11) is 1.35. The second-order valence-electron chi connectivity index (χ2n) is 8.41. The monoisotopic (exact) mass is 508 g/mol. The summed E-state index contributed by atoms with van der Waals surface area (Å²) >= 11 is 7.52. The van der Waals surface area contributed by atoms with E-state index in [0.29, 0.717) is 29.6 Å². The Morgan fingerprint density at radius 3 is 2.56 bits per heavy atom. The molecule has 1 aliphatic heterocycles. The van der Waals surface area contributed by atoms with Crippen LogP contribution in [0.15, 0.2) is 42.5 Å². The average molecular weight is 509 g/mol.